The van der Waals surface area contributed by atoms with Crippen LogP contribution in [0.25, 0.3) is 0 Å². The molecule has 0 aromatic carbocycles. The molecule has 2 N–H and O–H groups in total. The zero-order valence-electron chi connectivity index (χ0n) is 3.84. The molecule has 0 fully saturated rings. The van der Waals surface area contributed by atoms with Gasteiger partial charge in [-0.15, -0.1) is 0 Å². The van der Waals surface area contributed by atoms with Gasteiger partial charge >= 0.3 is 6.18 Å². The molecule has 0 saturated heterocycles. The van der Waals surface area contributed by atoms with Crippen LogP contribution in [0.5, 0.6) is 0 Å². The smallest absolute Gasteiger partial charge is 0.388 e. The average molecular weight is 116 g/mol. The largest absolute Gasteiger partial charge is 0.412 e. The predicted octanol–water partition coefficient (Wildman–Crippen LogP) is 1.13. The standard InChI is InChI=1S/C3H5F3.H2O/c1-2-3(4,5)6;/h2H2,1H3;1H2. The van der Waals surface area contributed by atoms with E-state index in [0.717, 1.165) is 6.92 Å². The fraction of sp³-hybridized carbons (Fsp3) is 1.00. The normalized spacial score (nSPS) is 10.3. The molecule has 0 bridgehead atoms. The molecule has 0 radical (unpaired) electrons. The molecule has 0 aliphatic rings. The maximum absolute atomic E-state index is 10.8. The Hall–Kier alpha value is -0.250. The lowest BCUT2D eigenvalue weighted by molar-refractivity contribution is -0.130. The third-order valence-corrected chi connectivity index (χ3v) is 0.401. The minimum absolute atomic E-state index is 0. The van der Waals surface area contributed by atoms with Gasteiger partial charge in [-0.2, -0.15) is 13.2 Å². The number of rotatable bonds is 0. The zero-order chi connectivity index (χ0) is 5.21. The monoisotopic (exact) mass is 116 g/mol. The highest BCUT2D eigenvalue weighted by atomic mass is 19.4. The lowest BCUT2D eigenvalue weighted by Crippen LogP contribution is -2.02. The van der Waals surface area contributed by atoms with Crippen molar-refractivity contribution in [2.24, 2.45) is 0 Å². The molecule has 46 valence electrons. The summed E-state index contributed by atoms with van der Waals surface area (Å²) in [6.45, 7) is 1.08. The van der Waals surface area contributed by atoms with Crippen LogP contribution in [0.15, 0.2) is 0 Å². The average Bonchev–Trinajstić information content (AvgIpc) is 1.35. The molecule has 0 amide bonds. The fourth-order valence-corrected chi connectivity index (χ4v) is 0. The van der Waals surface area contributed by atoms with Gasteiger partial charge in [-0.1, -0.05) is 6.92 Å². The van der Waals surface area contributed by atoms with E-state index in [1.54, 1.807) is 0 Å². The van der Waals surface area contributed by atoms with Crippen molar-refractivity contribution >= 4 is 0 Å². The van der Waals surface area contributed by atoms with Gasteiger partial charge in [0.2, 0.25) is 0 Å². The Morgan fingerprint density at radius 3 is 1.43 bits per heavy atom. The Bertz CT molecular complexity index is 39.9. The molecular weight excluding hydrogens is 109 g/mol. The Morgan fingerprint density at radius 1 is 1.29 bits per heavy atom. The maximum atomic E-state index is 10.8. The summed E-state index contributed by atoms with van der Waals surface area (Å²) in [6, 6.07) is 0. The van der Waals surface area contributed by atoms with Crippen molar-refractivity contribution in [3.8, 4) is 0 Å². The van der Waals surface area contributed by atoms with Crippen molar-refractivity contribution in [2.75, 3.05) is 0 Å². The van der Waals surface area contributed by atoms with Crippen LogP contribution >= 0.6 is 0 Å². The molecule has 0 unspecified atom stereocenters. The minimum Gasteiger partial charge on any atom is -0.412 e. The summed E-state index contributed by atoms with van der Waals surface area (Å²) < 4.78 is 32.4. The van der Waals surface area contributed by atoms with E-state index in [2.05, 4.69) is 0 Å². The summed E-state index contributed by atoms with van der Waals surface area (Å²) in [4.78, 5) is 0. The lowest BCUT2D eigenvalue weighted by Gasteiger charge is -1.96. The molecule has 0 aromatic heterocycles. The minimum atomic E-state index is -3.96. The van der Waals surface area contributed by atoms with E-state index in [1.165, 1.54) is 0 Å². The third-order valence-electron chi connectivity index (χ3n) is 0.401. The van der Waals surface area contributed by atoms with Crippen molar-refractivity contribution in [1.29, 1.82) is 0 Å². The second kappa shape index (κ2) is 2.85. The Morgan fingerprint density at radius 2 is 1.43 bits per heavy atom. The summed E-state index contributed by atoms with van der Waals surface area (Å²) in [7, 11) is 0. The van der Waals surface area contributed by atoms with Crippen molar-refractivity contribution in [3.05, 3.63) is 0 Å². The van der Waals surface area contributed by atoms with Crippen LogP contribution < -0.4 is 0 Å². The Kier molecular flexibility index (Phi) is 4.02. The number of alkyl halides is 3. The van der Waals surface area contributed by atoms with E-state index in [-0.39, 0.29) is 5.48 Å². The van der Waals surface area contributed by atoms with Gasteiger partial charge in [-0.05, 0) is 0 Å². The van der Waals surface area contributed by atoms with Crippen LogP contribution in [0.3, 0.4) is 0 Å². The van der Waals surface area contributed by atoms with E-state index in [0.29, 0.717) is 0 Å². The number of halogens is 3. The molecule has 4 heteroatoms. The van der Waals surface area contributed by atoms with E-state index >= 15 is 0 Å². The van der Waals surface area contributed by atoms with Gasteiger partial charge < -0.3 is 5.48 Å². The number of hydrogen-bond donors (Lipinski definition) is 0. The summed E-state index contributed by atoms with van der Waals surface area (Å²) in [5.41, 5.74) is 0. The van der Waals surface area contributed by atoms with Crippen molar-refractivity contribution in [1.82, 2.24) is 0 Å². The molecule has 0 atom stereocenters. The summed E-state index contributed by atoms with van der Waals surface area (Å²) in [6.07, 6.45) is -4.69. The molecule has 0 aromatic rings. The Balaban J connectivity index is 0. The van der Waals surface area contributed by atoms with Gasteiger partial charge in [0.15, 0.2) is 0 Å². The zero-order valence-corrected chi connectivity index (χ0v) is 3.84. The van der Waals surface area contributed by atoms with Gasteiger partial charge in [0.1, 0.15) is 0 Å². The van der Waals surface area contributed by atoms with E-state index in [4.69, 9.17) is 0 Å². The topological polar surface area (TPSA) is 31.5 Å². The highest BCUT2D eigenvalue weighted by Gasteiger charge is 2.22. The molecule has 0 spiro atoms. The molecular formula is C3H7F3O. The first-order chi connectivity index (χ1) is 2.56. The Labute approximate surface area is 39.4 Å². The SMILES string of the molecule is CCC(F)(F)F.O. The summed E-state index contributed by atoms with van der Waals surface area (Å²) in [5.74, 6) is 0. The van der Waals surface area contributed by atoms with Crippen LogP contribution in [0.4, 0.5) is 13.2 Å². The predicted molar refractivity (Wildman–Crippen MR) is 20.0 cm³/mol. The first-order valence-corrected chi connectivity index (χ1v) is 1.63. The van der Waals surface area contributed by atoms with Crippen LogP contribution in [0, 0.1) is 0 Å². The van der Waals surface area contributed by atoms with Gasteiger partial charge in [-0.3, -0.25) is 0 Å². The highest BCUT2D eigenvalue weighted by molar-refractivity contribution is 4.39. The van der Waals surface area contributed by atoms with Crippen molar-refractivity contribution in [3.63, 3.8) is 0 Å². The lowest BCUT2D eigenvalue weighted by atomic mass is 10.5. The van der Waals surface area contributed by atoms with Gasteiger partial charge in [-0.25, -0.2) is 0 Å². The number of hydrogen-bond acceptors (Lipinski definition) is 0. The van der Waals surface area contributed by atoms with E-state index in [9.17, 15) is 13.2 Å². The third kappa shape index (κ3) is 10.7. The maximum Gasteiger partial charge on any atom is 0.388 e. The molecule has 0 aliphatic heterocycles. The van der Waals surface area contributed by atoms with Gasteiger partial charge in [0.25, 0.3) is 0 Å². The molecule has 0 rings (SSSR count). The van der Waals surface area contributed by atoms with E-state index in [1.807, 2.05) is 0 Å². The van der Waals surface area contributed by atoms with Gasteiger partial charge in [0.05, 0.1) is 0 Å². The molecule has 0 heterocycles. The second-order valence-corrected chi connectivity index (χ2v) is 0.969. The first-order valence-electron chi connectivity index (χ1n) is 1.63. The van der Waals surface area contributed by atoms with E-state index < -0.39 is 12.6 Å². The van der Waals surface area contributed by atoms with Gasteiger partial charge in [0, 0.05) is 6.42 Å². The first kappa shape index (κ1) is 9.89. The highest BCUT2D eigenvalue weighted by Crippen LogP contribution is 2.17. The van der Waals surface area contributed by atoms with Crippen LogP contribution in [0.2, 0.25) is 0 Å². The van der Waals surface area contributed by atoms with Crippen molar-refractivity contribution < 1.29 is 18.6 Å². The molecule has 7 heavy (non-hydrogen) atoms. The fourth-order valence-electron chi connectivity index (χ4n) is 0. The van der Waals surface area contributed by atoms with Crippen LogP contribution in [-0.2, 0) is 0 Å². The molecule has 0 aliphatic carbocycles. The van der Waals surface area contributed by atoms with Crippen molar-refractivity contribution in [2.45, 2.75) is 19.5 Å². The van der Waals surface area contributed by atoms with Crippen LogP contribution in [-0.4, -0.2) is 11.7 Å². The molecule has 0 saturated carbocycles. The second-order valence-electron chi connectivity index (χ2n) is 0.969. The quantitative estimate of drug-likeness (QED) is 0.454. The summed E-state index contributed by atoms with van der Waals surface area (Å²) in [5, 5.41) is 0. The molecule has 1 nitrogen and oxygen atoms in total. The van der Waals surface area contributed by atoms with Crippen LogP contribution in [0.1, 0.15) is 13.3 Å². The summed E-state index contributed by atoms with van der Waals surface area (Å²) >= 11 is 0.